The van der Waals surface area contributed by atoms with Gasteiger partial charge in [-0.3, -0.25) is 9.69 Å². The van der Waals surface area contributed by atoms with Gasteiger partial charge in [-0.25, -0.2) is 4.39 Å². The van der Waals surface area contributed by atoms with Crippen LogP contribution in [0.5, 0.6) is 11.5 Å². The molecule has 0 aliphatic carbocycles. The highest BCUT2D eigenvalue weighted by Gasteiger charge is 2.30. The Bertz CT molecular complexity index is 944. The molecule has 1 amide bonds. The number of likely N-dealkylation sites (N-methyl/N-ethyl adjacent to an activating group) is 1. The molecule has 1 heterocycles. The molecule has 8 heteroatoms. The van der Waals surface area contributed by atoms with E-state index in [1.54, 1.807) is 35.2 Å². The van der Waals surface area contributed by atoms with Crippen LogP contribution in [-0.4, -0.2) is 28.8 Å². The second-order valence-electron chi connectivity index (χ2n) is 5.83. The number of halogens is 2. The molecule has 0 N–H and O–H groups in total. The minimum absolute atomic E-state index is 0.0523. The second kappa shape index (κ2) is 8.94. The first kappa shape index (κ1) is 20.6. The number of methoxy groups -OCH3 is 1. The molecule has 1 aliphatic rings. The lowest BCUT2D eigenvalue weighted by molar-refractivity contribution is -0.121. The van der Waals surface area contributed by atoms with Crippen molar-refractivity contribution in [3.63, 3.8) is 0 Å². The molecule has 2 aromatic rings. The van der Waals surface area contributed by atoms with Crippen LogP contribution in [0.1, 0.15) is 18.1 Å². The molecule has 0 unspecified atom stereocenters. The van der Waals surface area contributed by atoms with Crippen molar-refractivity contribution in [3.8, 4) is 11.5 Å². The Morgan fingerprint density at radius 2 is 2.07 bits per heavy atom. The molecule has 0 atom stereocenters. The van der Waals surface area contributed by atoms with Crippen LogP contribution in [0.15, 0.2) is 41.3 Å². The van der Waals surface area contributed by atoms with Crippen LogP contribution in [-0.2, 0) is 11.4 Å². The molecule has 0 bridgehead atoms. The molecule has 0 saturated carbocycles. The van der Waals surface area contributed by atoms with E-state index in [1.165, 1.54) is 31.0 Å². The Morgan fingerprint density at radius 1 is 1.29 bits per heavy atom. The lowest BCUT2D eigenvalue weighted by atomic mass is 10.1. The molecule has 3 rings (SSSR count). The normalized spacial score (nSPS) is 15.4. The van der Waals surface area contributed by atoms with E-state index in [0.29, 0.717) is 32.3 Å². The summed E-state index contributed by atoms with van der Waals surface area (Å²) in [7, 11) is 1.52. The summed E-state index contributed by atoms with van der Waals surface area (Å²) >= 11 is 12.5. The number of ether oxygens (including phenoxy) is 2. The summed E-state index contributed by atoms with van der Waals surface area (Å²) in [5.41, 5.74) is 1.01. The largest absolute Gasteiger partial charge is 0.493 e. The summed E-state index contributed by atoms with van der Waals surface area (Å²) in [6, 6.07) is 9.73. The lowest BCUT2D eigenvalue weighted by Crippen LogP contribution is -2.27. The number of benzene rings is 2. The zero-order valence-electron chi connectivity index (χ0n) is 15.2. The molecular weight excluding hydrogens is 421 g/mol. The van der Waals surface area contributed by atoms with Crippen molar-refractivity contribution in [3.05, 3.63) is 63.3 Å². The number of rotatable bonds is 6. The van der Waals surface area contributed by atoms with Gasteiger partial charge in [-0.1, -0.05) is 47.7 Å². The van der Waals surface area contributed by atoms with Crippen molar-refractivity contribution >= 4 is 51.9 Å². The summed E-state index contributed by atoms with van der Waals surface area (Å²) in [6.45, 7) is 2.35. The van der Waals surface area contributed by atoms with Gasteiger partial charge in [0.15, 0.2) is 11.5 Å². The third-order valence-electron chi connectivity index (χ3n) is 4.11. The van der Waals surface area contributed by atoms with Gasteiger partial charge in [-0.15, -0.1) is 0 Å². The van der Waals surface area contributed by atoms with E-state index in [9.17, 15) is 9.18 Å². The lowest BCUT2D eigenvalue weighted by Gasteiger charge is -2.13. The van der Waals surface area contributed by atoms with E-state index in [2.05, 4.69) is 0 Å². The Labute approximate surface area is 177 Å². The minimum Gasteiger partial charge on any atom is -0.493 e. The Morgan fingerprint density at radius 3 is 2.71 bits per heavy atom. The first-order valence-corrected chi connectivity index (χ1v) is 10.0. The van der Waals surface area contributed by atoms with Crippen LogP contribution >= 0.6 is 35.6 Å². The fraction of sp³-hybridized carbons (Fsp3) is 0.200. The molecule has 1 aliphatic heterocycles. The van der Waals surface area contributed by atoms with Crippen molar-refractivity contribution in [1.29, 1.82) is 0 Å². The van der Waals surface area contributed by atoms with Crippen molar-refractivity contribution in [1.82, 2.24) is 4.90 Å². The first-order valence-electron chi connectivity index (χ1n) is 8.43. The Kier molecular flexibility index (Phi) is 6.59. The maximum absolute atomic E-state index is 14.0. The van der Waals surface area contributed by atoms with Crippen molar-refractivity contribution < 1.29 is 18.7 Å². The maximum Gasteiger partial charge on any atom is 0.266 e. The number of hydrogen-bond acceptors (Lipinski definition) is 5. The third kappa shape index (κ3) is 4.32. The molecule has 28 heavy (non-hydrogen) atoms. The van der Waals surface area contributed by atoms with E-state index in [0.717, 1.165) is 5.56 Å². The predicted molar refractivity (Wildman–Crippen MR) is 114 cm³/mol. The van der Waals surface area contributed by atoms with Gasteiger partial charge >= 0.3 is 0 Å². The third-order valence-corrected chi connectivity index (χ3v) is 5.84. The van der Waals surface area contributed by atoms with Crippen LogP contribution < -0.4 is 9.47 Å². The van der Waals surface area contributed by atoms with Crippen LogP contribution in [0.2, 0.25) is 5.02 Å². The standard InChI is InChI=1S/C20H17ClFNO3S2/c1-3-23-19(24)18(28-20(23)27)10-12-7-8-16(25-2)17(9-12)26-11-13-14(21)5-4-6-15(13)22/h4-10H,3,11H2,1-2H3/b18-10-. The van der Waals surface area contributed by atoms with E-state index in [1.807, 2.05) is 6.92 Å². The van der Waals surface area contributed by atoms with Gasteiger partial charge in [0.05, 0.1) is 17.0 Å². The average molecular weight is 438 g/mol. The van der Waals surface area contributed by atoms with Gasteiger partial charge in [0, 0.05) is 12.1 Å². The first-order chi connectivity index (χ1) is 13.4. The smallest absolute Gasteiger partial charge is 0.266 e. The van der Waals surface area contributed by atoms with Crippen LogP contribution in [0.25, 0.3) is 6.08 Å². The van der Waals surface area contributed by atoms with E-state index in [4.69, 9.17) is 33.3 Å². The number of thioether (sulfide) groups is 1. The van der Waals surface area contributed by atoms with Gasteiger partial charge in [0.1, 0.15) is 16.7 Å². The fourth-order valence-corrected chi connectivity index (χ4v) is 4.24. The number of nitrogens with zero attached hydrogens (tertiary/aromatic N) is 1. The van der Waals surface area contributed by atoms with Crippen molar-refractivity contribution in [2.45, 2.75) is 13.5 Å². The molecule has 2 aromatic carbocycles. The predicted octanol–water partition coefficient (Wildman–Crippen LogP) is 5.29. The molecule has 1 fully saturated rings. The summed E-state index contributed by atoms with van der Waals surface area (Å²) in [6.07, 6.45) is 1.75. The highest BCUT2D eigenvalue weighted by molar-refractivity contribution is 8.26. The summed E-state index contributed by atoms with van der Waals surface area (Å²) in [5.74, 6) is 0.354. The van der Waals surface area contributed by atoms with Gasteiger partial charge in [-0.05, 0) is 42.8 Å². The molecule has 0 aromatic heterocycles. The summed E-state index contributed by atoms with van der Waals surface area (Å²) < 4.78 is 25.6. The SMILES string of the molecule is CCN1C(=O)/C(=C/c2ccc(OC)c(OCc3c(F)cccc3Cl)c2)SC1=S. The number of carbonyl (C=O) groups is 1. The van der Waals surface area contributed by atoms with E-state index in [-0.39, 0.29) is 18.1 Å². The molecule has 1 saturated heterocycles. The van der Waals surface area contributed by atoms with Crippen molar-refractivity contribution in [2.75, 3.05) is 13.7 Å². The number of carbonyl (C=O) groups excluding carboxylic acids is 1. The van der Waals surface area contributed by atoms with E-state index < -0.39 is 5.82 Å². The van der Waals surface area contributed by atoms with Crippen LogP contribution in [0.3, 0.4) is 0 Å². The van der Waals surface area contributed by atoms with Gasteiger partial charge in [0.25, 0.3) is 5.91 Å². The molecule has 146 valence electrons. The molecule has 0 radical (unpaired) electrons. The molecule has 4 nitrogen and oxygen atoms in total. The van der Waals surface area contributed by atoms with Gasteiger partial charge in [-0.2, -0.15) is 0 Å². The zero-order chi connectivity index (χ0) is 20.3. The zero-order valence-corrected chi connectivity index (χ0v) is 17.6. The summed E-state index contributed by atoms with van der Waals surface area (Å²) in [4.78, 5) is 14.5. The highest BCUT2D eigenvalue weighted by atomic mass is 35.5. The van der Waals surface area contributed by atoms with Crippen LogP contribution in [0, 0.1) is 5.82 Å². The minimum atomic E-state index is -0.439. The van der Waals surface area contributed by atoms with Gasteiger partial charge < -0.3 is 9.47 Å². The van der Waals surface area contributed by atoms with E-state index >= 15 is 0 Å². The monoisotopic (exact) mass is 437 g/mol. The Balaban J connectivity index is 1.86. The second-order valence-corrected chi connectivity index (χ2v) is 7.91. The number of thiocarbonyl (C=S) groups is 1. The number of amides is 1. The maximum atomic E-state index is 14.0. The fourth-order valence-electron chi connectivity index (χ4n) is 2.64. The molecule has 0 spiro atoms. The highest BCUT2D eigenvalue weighted by Crippen LogP contribution is 2.35. The summed E-state index contributed by atoms with van der Waals surface area (Å²) in [5, 5.41) is 0.290. The van der Waals surface area contributed by atoms with Gasteiger partial charge in [0.2, 0.25) is 0 Å². The Hall–Kier alpha value is -2.09. The topological polar surface area (TPSA) is 38.8 Å². The average Bonchev–Trinajstić information content (AvgIpc) is 2.94. The quantitative estimate of drug-likeness (QED) is 0.453. The van der Waals surface area contributed by atoms with Crippen LogP contribution in [0.4, 0.5) is 4.39 Å². The number of hydrogen-bond donors (Lipinski definition) is 0. The molecular formula is C20H17ClFNO3S2. The van der Waals surface area contributed by atoms with Crippen molar-refractivity contribution in [2.24, 2.45) is 0 Å².